The number of nitro benzene ring substituents is 1. The van der Waals surface area contributed by atoms with Gasteiger partial charge in [0, 0.05) is 17.5 Å². The summed E-state index contributed by atoms with van der Waals surface area (Å²) in [5.74, 6) is -0.0349. The molecule has 1 unspecified atom stereocenters. The Kier molecular flexibility index (Phi) is 6.31. The molecule has 1 aliphatic heterocycles. The van der Waals surface area contributed by atoms with Gasteiger partial charge in [0.2, 0.25) is 5.91 Å². The molecule has 1 aliphatic rings. The molecule has 0 saturated carbocycles. The van der Waals surface area contributed by atoms with E-state index in [-0.39, 0.29) is 17.3 Å². The van der Waals surface area contributed by atoms with Crippen LogP contribution >= 0.6 is 11.8 Å². The molecule has 1 N–H and O–H groups in total. The van der Waals surface area contributed by atoms with Crippen LogP contribution in [0.1, 0.15) is 5.56 Å². The van der Waals surface area contributed by atoms with E-state index in [1.807, 2.05) is 6.07 Å². The van der Waals surface area contributed by atoms with Crippen molar-refractivity contribution < 1.29 is 19.2 Å². The maximum absolute atomic E-state index is 12.6. The van der Waals surface area contributed by atoms with Crippen LogP contribution in [0, 0.1) is 21.4 Å². The molecule has 3 rings (SSSR count). The molecule has 1 saturated heterocycles. The van der Waals surface area contributed by atoms with Gasteiger partial charge in [0.05, 0.1) is 22.4 Å². The largest absolute Gasteiger partial charge is 0.477 e. The number of benzene rings is 2. The van der Waals surface area contributed by atoms with Crippen molar-refractivity contribution >= 4 is 35.0 Å². The van der Waals surface area contributed by atoms with Gasteiger partial charge in [-0.05, 0) is 30.3 Å². The molecule has 0 aromatic heterocycles. The Labute approximate surface area is 170 Å². The predicted octanol–water partition coefficient (Wildman–Crippen LogP) is 2.39. The number of thioether (sulfide) groups is 1. The van der Waals surface area contributed by atoms with Crippen molar-refractivity contribution in [3.05, 3.63) is 64.2 Å². The van der Waals surface area contributed by atoms with Gasteiger partial charge in [-0.25, -0.2) is 0 Å². The fourth-order valence-electron chi connectivity index (χ4n) is 2.71. The molecular formula is C19H16N4O5S. The lowest BCUT2D eigenvalue weighted by atomic mass is 10.2. The average molecular weight is 412 g/mol. The lowest BCUT2D eigenvalue weighted by Crippen LogP contribution is -2.46. The van der Waals surface area contributed by atoms with E-state index >= 15 is 0 Å². The number of carbonyl (C=O) groups excluding carboxylic acids is 2. The quantitative estimate of drug-likeness (QED) is 0.570. The Morgan fingerprint density at radius 1 is 1.28 bits per heavy atom. The molecule has 0 spiro atoms. The fourth-order valence-corrected chi connectivity index (χ4v) is 3.89. The van der Waals surface area contributed by atoms with E-state index in [4.69, 9.17) is 10.00 Å². The van der Waals surface area contributed by atoms with E-state index in [2.05, 4.69) is 5.32 Å². The van der Waals surface area contributed by atoms with Gasteiger partial charge < -0.3 is 15.0 Å². The molecule has 1 heterocycles. The lowest BCUT2D eigenvalue weighted by Gasteiger charge is -2.23. The summed E-state index contributed by atoms with van der Waals surface area (Å²) >= 11 is 1.43. The number of amides is 2. The summed E-state index contributed by atoms with van der Waals surface area (Å²) in [6.45, 7) is -0.411. The first-order valence-corrected chi connectivity index (χ1v) is 9.69. The summed E-state index contributed by atoms with van der Waals surface area (Å²) in [6.07, 6.45) is 0. The highest BCUT2D eigenvalue weighted by molar-refractivity contribution is 7.99. The zero-order chi connectivity index (χ0) is 20.8. The molecule has 1 fully saturated rings. The third-order valence-electron chi connectivity index (χ3n) is 4.20. The van der Waals surface area contributed by atoms with E-state index in [9.17, 15) is 19.7 Å². The van der Waals surface area contributed by atoms with Crippen LogP contribution in [0.25, 0.3) is 0 Å². The lowest BCUT2D eigenvalue weighted by molar-refractivity contribution is -0.385. The normalized spacial score (nSPS) is 15.4. The van der Waals surface area contributed by atoms with Gasteiger partial charge in [0.15, 0.2) is 12.4 Å². The molecule has 9 nitrogen and oxygen atoms in total. The molecule has 2 aromatic carbocycles. The SMILES string of the molecule is N#Cc1ccc(NC(=O)C2CSCN2C(=O)COc2ccccc2[N+](=O)[O-])cc1. The molecule has 0 bridgehead atoms. The molecule has 148 valence electrons. The molecule has 29 heavy (non-hydrogen) atoms. The first-order valence-electron chi connectivity index (χ1n) is 8.54. The third kappa shape index (κ3) is 4.83. The number of nitrogens with zero attached hydrogens (tertiary/aromatic N) is 3. The highest BCUT2D eigenvalue weighted by Crippen LogP contribution is 2.27. The van der Waals surface area contributed by atoms with Crippen LogP contribution in [0.2, 0.25) is 0 Å². The van der Waals surface area contributed by atoms with E-state index in [1.165, 1.54) is 34.9 Å². The van der Waals surface area contributed by atoms with Crippen molar-refractivity contribution in [3.8, 4) is 11.8 Å². The zero-order valence-electron chi connectivity index (χ0n) is 15.1. The number of hydrogen-bond donors (Lipinski definition) is 1. The smallest absolute Gasteiger partial charge is 0.310 e. The number of anilines is 1. The highest BCUT2D eigenvalue weighted by Gasteiger charge is 2.35. The third-order valence-corrected chi connectivity index (χ3v) is 5.21. The molecule has 2 aromatic rings. The van der Waals surface area contributed by atoms with Crippen molar-refractivity contribution in [2.45, 2.75) is 6.04 Å². The Balaban J connectivity index is 1.62. The van der Waals surface area contributed by atoms with Crippen LogP contribution in [0.15, 0.2) is 48.5 Å². The van der Waals surface area contributed by atoms with Crippen molar-refractivity contribution in [1.82, 2.24) is 4.90 Å². The topological polar surface area (TPSA) is 126 Å². The van der Waals surface area contributed by atoms with Gasteiger partial charge in [-0.3, -0.25) is 19.7 Å². The number of hydrogen-bond acceptors (Lipinski definition) is 7. The summed E-state index contributed by atoms with van der Waals surface area (Å²) in [4.78, 5) is 37.0. The number of para-hydroxylation sites is 2. The van der Waals surface area contributed by atoms with Gasteiger partial charge in [-0.1, -0.05) is 12.1 Å². The number of nitrogens with one attached hydrogen (secondary N) is 1. The number of ether oxygens (including phenoxy) is 1. The molecular weight excluding hydrogens is 396 g/mol. The summed E-state index contributed by atoms with van der Waals surface area (Å²) < 4.78 is 5.34. The standard InChI is InChI=1S/C19H16N4O5S/c20-9-13-5-7-14(8-6-13)21-19(25)16-11-29-12-22(16)18(24)10-28-17-4-2-1-3-15(17)23(26)27/h1-8,16H,10-12H2,(H,21,25). The first kappa shape index (κ1) is 20.2. The van der Waals surface area contributed by atoms with E-state index in [0.717, 1.165) is 0 Å². The summed E-state index contributed by atoms with van der Waals surface area (Å²) in [5.41, 5.74) is 0.768. The predicted molar refractivity (Wildman–Crippen MR) is 106 cm³/mol. The van der Waals surface area contributed by atoms with Gasteiger partial charge in [0.1, 0.15) is 6.04 Å². The minimum absolute atomic E-state index is 0.00344. The molecule has 0 aliphatic carbocycles. The maximum atomic E-state index is 12.6. The van der Waals surface area contributed by atoms with Crippen LogP contribution in [0.4, 0.5) is 11.4 Å². The number of nitro groups is 1. The van der Waals surface area contributed by atoms with Crippen molar-refractivity contribution in [1.29, 1.82) is 5.26 Å². The monoisotopic (exact) mass is 412 g/mol. The van der Waals surface area contributed by atoms with Crippen LogP contribution < -0.4 is 10.1 Å². The van der Waals surface area contributed by atoms with E-state index < -0.39 is 23.5 Å². The van der Waals surface area contributed by atoms with E-state index in [1.54, 1.807) is 30.3 Å². The van der Waals surface area contributed by atoms with Crippen LogP contribution in [0.5, 0.6) is 5.75 Å². The molecule has 0 radical (unpaired) electrons. The minimum Gasteiger partial charge on any atom is -0.477 e. The zero-order valence-corrected chi connectivity index (χ0v) is 15.9. The Bertz CT molecular complexity index is 973. The summed E-state index contributed by atoms with van der Waals surface area (Å²) in [7, 11) is 0. The van der Waals surface area contributed by atoms with Crippen molar-refractivity contribution in [2.75, 3.05) is 23.6 Å². The molecule has 1 atom stereocenters. The molecule has 2 amide bonds. The number of carbonyl (C=O) groups is 2. The van der Waals surface area contributed by atoms with Gasteiger partial charge in [0.25, 0.3) is 5.91 Å². The Hall–Kier alpha value is -3.58. The number of nitriles is 1. The average Bonchev–Trinajstić information content (AvgIpc) is 3.23. The van der Waals surface area contributed by atoms with Crippen LogP contribution in [-0.4, -0.2) is 45.9 Å². The highest BCUT2D eigenvalue weighted by atomic mass is 32.2. The second-order valence-corrected chi connectivity index (χ2v) is 7.07. The van der Waals surface area contributed by atoms with Gasteiger partial charge in [-0.15, -0.1) is 11.8 Å². The first-order chi connectivity index (χ1) is 14.0. The second kappa shape index (κ2) is 9.07. The summed E-state index contributed by atoms with van der Waals surface area (Å²) in [6, 6.07) is 13.5. The van der Waals surface area contributed by atoms with E-state index in [0.29, 0.717) is 22.9 Å². The fraction of sp³-hybridized carbons (Fsp3) is 0.211. The van der Waals surface area contributed by atoms with Crippen LogP contribution in [0.3, 0.4) is 0 Å². The van der Waals surface area contributed by atoms with Gasteiger partial charge >= 0.3 is 5.69 Å². The Morgan fingerprint density at radius 2 is 2.00 bits per heavy atom. The van der Waals surface area contributed by atoms with Crippen LogP contribution in [-0.2, 0) is 9.59 Å². The van der Waals surface area contributed by atoms with Crippen molar-refractivity contribution in [2.24, 2.45) is 0 Å². The van der Waals surface area contributed by atoms with Crippen molar-refractivity contribution in [3.63, 3.8) is 0 Å². The minimum atomic E-state index is -0.683. The molecule has 10 heteroatoms. The van der Waals surface area contributed by atoms with Gasteiger partial charge in [-0.2, -0.15) is 5.26 Å². The second-order valence-electron chi connectivity index (χ2n) is 6.07. The number of rotatable bonds is 6. The Morgan fingerprint density at radius 3 is 2.69 bits per heavy atom. The summed E-state index contributed by atoms with van der Waals surface area (Å²) in [5, 5.41) is 22.6. The maximum Gasteiger partial charge on any atom is 0.310 e.